The molecule has 0 aliphatic carbocycles. The zero-order valence-corrected chi connectivity index (χ0v) is 11.0. The average molecular weight is 277 g/mol. The molecule has 0 unspecified atom stereocenters. The summed E-state index contributed by atoms with van der Waals surface area (Å²) in [4.78, 5) is 12.2. The molecular weight excluding hydrogens is 264 g/mol. The fourth-order valence-corrected chi connectivity index (χ4v) is 1.87. The summed E-state index contributed by atoms with van der Waals surface area (Å²) in [6, 6.07) is 9.56. The van der Waals surface area contributed by atoms with Crippen LogP contribution in [0.15, 0.2) is 36.4 Å². The van der Waals surface area contributed by atoms with Crippen LogP contribution in [0.5, 0.6) is 0 Å². The lowest BCUT2D eigenvalue weighted by molar-refractivity contribution is 0.0690. The first-order valence-corrected chi connectivity index (χ1v) is 5.93. The number of hydrogen-bond donors (Lipinski definition) is 1. The van der Waals surface area contributed by atoms with Crippen molar-refractivity contribution in [3.8, 4) is 0 Å². The van der Waals surface area contributed by atoms with E-state index in [1.807, 2.05) is 19.1 Å². The Morgan fingerprint density at radius 1 is 1.05 bits per heavy atom. The summed E-state index contributed by atoms with van der Waals surface area (Å²) in [5.74, 6) is -4.02. The van der Waals surface area contributed by atoms with Gasteiger partial charge in [-0.25, -0.2) is 13.6 Å². The molecule has 0 atom stereocenters. The topological polar surface area (TPSA) is 40.5 Å². The minimum absolute atomic E-state index is 0.0173. The number of rotatable bonds is 3. The molecule has 2 aromatic rings. The van der Waals surface area contributed by atoms with Gasteiger partial charge in [0.25, 0.3) is 0 Å². The molecule has 5 heteroatoms. The summed E-state index contributed by atoms with van der Waals surface area (Å²) >= 11 is 0. The zero-order valence-electron chi connectivity index (χ0n) is 11.0. The van der Waals surface area contributed by atoms with Crippen molar-refractivity contribution in [1.29, 1.82) is 0 Å². The molecule has 0 radical (unpaired) electrons. The number of carbonyl (C=O) groups is 1. The summed E-state index contributed by atoms with van der Waals surface area (Å²) < 4.78 is 27.6. The van der Waals surface area contributed by atoms with E-state index in [0.29, 0.717) is 5.69 Å². The van der Waals surface area contributed by atoms with Crippen LogP contribution in [0.2, 0.25) is 0 Å². The maximum Gasteiger partial charge on any atom is 0.338 e. The normalized spacial score (nSPS) is 10.4. The highest BCUT2D eigenvalue weighted by Crippen LogP contribution is 2.29. The Bertz CT molecular complexity index is 654. The lowest BCUT2D eigenvalue weighted by Crippen LogP contribution is -2.14. The smallest absolute Gasteiger partial charge is 0.338 e. The summed E-state index contributed by atoms with van der Waals surface area (Å²) in [5.41, 5.74) is 1.03. The van der Waals surface area contributed by atoms with Crippen LogP contribution in [0, 0.1) is 18.6 Å². The molecule has 0 saturated heterocycles. The molecule has 2 aromatic carbocycles. The molecule has 0 aliphatic heterocycles. The lowest BCUT2D eigenvalue weighted by Gasteiger charge is -2.20. The highest BCUT2D eigenvalue weighted by Gasteiger charge is 2.20. The quantitative estimate of drug-likeness (QED) is 0.929. The number of anilines is 2. The number of aromatic carboxylic acids is 1. The zero-order chi connectivity index (χ0) is 14.9. The van der Waals surface area contributed by atoms with Crippen molar-refractivity contribution in [2.75, 3.05) is 11.9 Å². The van der Waals surface area contributed by atoms with Crippen LogP contribution in [0.3, 0.4) is 0 Å². The summed E-state index contributed by atoms with van der Waals surface area (Å²) in [5, 5.41) is 8.75. The Labute approximate surface area is 115 Å². The number of hydrogen-bond acceptors (Lipinski definition) is 2. The molecule has 0 amide bonds. The molecule has 2 rings (SSSR count). The first-order valence-electron chi connectivity index (χ1n) is 5.93. The standard InChI is InChI=1S/C15H13F2NO2/c1-9-3-5-10(6-4-9)18(2)12-8-7-11(15(19)20)13(16)14(12)17/h3-8H,1-2H3,(H,19,20). The Balaban J connectivity index is 2.45. The Morgan fingerprint density at radius 2 is 1.65 bits per heavy atom. The first-order chi connectivity index (χ1) is 9.41. The second-order valence-electron chi connectivity index (χ2n) is 4.46. The van der Waals surface area contributed by atoms with Gasteiger partial charge in [0.2, 0.25) is 0 Å². The van der Waals surface area contributed by atoms with Gasteiger partial charge in [-0.3, -0.25) is 0 Å². The van der Waals surface area contributed by atoms with Crippen LogP contribution >= 0.6 is 0 Å². The van der Waals surface area contributed by atoms with E-state index >= 15 is 0 Å². The summed E-state index contributed by atoms with van der Waals surface area (Å²) in [6.45, 7) is 1.92. The van der Waals surface area contributed by atoms with Gasteiger partial charge in [0.1, 0.15) is 0 Å². The first kappa shape index (κ1) is 14.0. The van der Waals surface area contributed by atoms with Crippen molar-refractivity contribution in [2.24, 2.45) is 0 Å². The second-order valence-corrected chi connectivity index (χ2v) is 4.46. The molecular formula is C15H13F2NO2. The molecule has 20 heavy (non-hydrogen) atoms. The molecule has 0 aliphatic rings. The fourth-order valence-electron chi connectivity index (χ4n) is 1.87. The SMILES string of the molecule is Cc1ccc(N(C)c2ccc(C(=O)O)c(F)c2F)cc1. The molecule has 0 fully saturated rings. The van der Waals surface area contributed by atoms with E-state index in [0.717, 1.165) is 11.6 Å². The van der Waals surface area contributed by atoms with Gasteiger partial charge in [-0.15, -0.1) is 0 Å². The number of aryl methyl sites for hydroxylation is 1. The van der Waals surface area contributed by atoms with E-state index in [2.05, 4.69) is 0 Å². The lowest BCUT2D eigenvalue weighted by atomic mass is 10.1. The molecule has 3 nitrogen and oxygen atoms in total. The maximum atomic E-state index is 14.0. The van der Waals surface area contributed by atoms with Crippen molar-refractivity contribution >= 4 is 17.3 Å². The van der Waals surface area contributed by atoms with Gasteiger partial charge < -0.3 is 10.0 Å². The monoisotopic (exact) mass is 277 g/mol. The van der Waals surface area contributed by atoms with Gasteiger partial charge in [0, 0.05) is 12.7 Å². The van der Waals surface area contributed by atoms with Crippen molar-refractivity contribution in [3.63, 3.8) is 0 Å². The van der Waals surface area contributed by atoms with E-state index in [4.69, 9.17) is 5.11 Å². The largest absolute Gasteiger partial charge is 0.478 e. The molecule has 0 saturated carbocycles. The molecule has 104 valence electrons. The van der Waals surface area contributed by atoms with Gasteiger partial charge in [0.15, 0.2) is 11.6 Å². The number of carboxylic acids is 1. The molecule has 0 spiro atoms. The van der Waals surface area contributed by atoms with Crippen molar-refractivity contribution < 1.29 is 18.7 Å². The number of halogens is 2. The van der Waals surface area contributed by atoms with Gasteiger partial charge in [-0.2, -0.15) is 0 Å². The predicted molar refractivity (Wildman–Crippen MR) is 72.6 cm³/mol. The van der Waals surface area contributed by atoms with Crippen LogP contribution in [-0.4, -0.2) is 18.1 Å². The summed E-state index contributed by atoms with van der Waals surface area (Å²) in [7, 11) is 1.59. The summed E-state index contributed by atoms with van der Waals surface area (Å²) in [6.07, 6.45) is 0. The van der Waals surface area contributed by atoms with Crippen molar-refractivity contribution in [1.82, 2.24) is 0 Å². The minimum atomic E-state index is -1.49. The average Bonchev–Trinajstić information content (AvgIpc) is 2.41. The van der Waals surface area contributed by atoms with E-state index in [-0.39, 0.29) is 5.69 Å². The highest BCUT2D eigenvalue weighted by molar-refractivity contribution is 5.88. The molecule has 0 aromatic heterocycles. The minimum Gasteiger partial charge on any atom is -0.478 e. The number of nitrogens with zero attached hydrogens (tertiary/aromatic N) is 1. The van der Waals surface area contributed by atoms with Gasteiger partial charge in [-0.1, -0.05) is 17.7 Å². The second kappa shape index (κ2) is 5.28. The van der Waals surface area contributed by atoms with Crippen LogP contribution in [0.1, 0.15) is 15.9 Å². The van der Waals surface area contributed by atoms with Gasteiger partial charge in [0.05, 0.1) is 11.3 Å². The third kappa shape index (κ3) is 2.47. The van der Waals surface area contributed by atoms with E-state index in [9.17, 15) is 13.6 Å². The van der Waals surface area contributed by atoms with E-state index in [1.54, 1.807) is 19.2 Å². The Kier molecular flexibility index (Phi) is 3.70. The fraction of sp³-hybridized carbons (Fsp3) is 0.133. The third-order valence-electron chi connectivity index (χ3n) is 3.07. The van der Waals surface area contributed by atoms with Crippen LogP contribution in [0.4, 0.5) is 20.2 Å². The van der Waals surface area contributed by atoms with Crippen LogP contribution < -0.4 is 4.90 Å². The van der Waals surface area contributed by atoms with Crippen molar-refractivity contribution in [3.05, 3.63) is 59.2 Å². The molecule has 0 heterocycles. The number of benzene rings is 2. The highest BCUT2D eigenvalue weighted by atomic mass is 19.2. The predicted octanol–water partition coefficient (Wildman–Crippen LogP) is 3.74. The molecule has 0 bridgehead atoms. The van der Waals surface area contributed by atoms with E-state index in [1.165, 1.54) is 11.0 Å². The molecule has 1 N–H and O–H groups in total. The van der Waals surface area contributed by atoms with Crippen molar-refractivity contribution in [2.45, 2.75) is 6.92 Å². The van der Waals surface area contributed by atoms with Crippen LogP contribution in [0.25, 0.3) is 0 Å². The Hall–Kier alpha value is -2.43. The van der Waals surface area contributed by atoms with Gasteiger partial charge >= 0.3 is 5.97 Å². The third-order valence-corrected chi connectivity index (χ3v) is 3.07. The van der Waals surface area contributed by atoms with E-state index < -0.39 is 23.2 Å². The van der Waals surface area contributed by atoms with Gasteiger partial charge in [-0.05, 0) is 31.2 Å². The van der Waals surface area contributed by atoms with Crippen LogP contribution in [-0.2, 0) is 0 Å². The maximum absolute atomic E-state index is 14.0. The number of carboxylic acid groups (broad SMARTS) is 1. The Morgan fingerprint density at radius 3 is 2.20 bits per heavy atom.